The van der Waals surface area contributed by atoms with Crippen molar-refractivity contribution in [3.63, 3.8) is 0 Å². The van der Waals surface area contributed by atoms with Crippen LogP contribution in [0.2, 0.25) is 0 Å². The largest absolute Gasteiger partial charge is 0.448 e. The van der Waals surface area contributed by atoms with Crippen LogP contribution in [-0.2, 0) is 0 Å². The molecule has 2 aromatic rings. The molecule has 110 valence electrons. The van der Waals surface area contributed by atoms with Crippen LogP contribution in [0.5, 0.6) is 0 Å². The van der Waals surface area contributed by atoms with Crippen LogP contribution in [0.25, 0.3) is 0 Å². The maximum absolute atomic E-state index is 12.3. The Morgan fingerprint density at radius 1 is 1.24 bits per heavy atom. The lowest BCUT2D eigenvalue weighted by atomic mass is 9.85. The number of carbonyl (C=O) groups excluding carboxylic acids is 1. The van der Waals surface area contributed by atoms with Gasteiger partial charge in [-0.3, -0.25) is 4.79 Å². The van der Waals surface area contributed by atoms with Crippen molar-refractivity contribution < 1.29 is 13.7 Å². The average molecular weight is 288 g/mol. The van der Waals surface area contributed by atoms with Gasteiger partial charge >= 0.3 is 0 Å². The number of carbonyl (C=O) groups is 1. The number of hydrogen-bond acceptors (Lipinski definition) is 6. The van der Waals surface area contributed by atoms with E-state index in [1.807, 2.05) is 0 Å². The van der Waals surface area contributed by atoms with Gasteiger partial charge in [-0.1, -0.05) is 11.6 Å². The quantitative estimate of drug-likeness (QED) is 0.857. The highest BCUT2D eigenvalue weighted by Crippen LogP contribution is 2.36. The first kappa shape index (κ1) is 12.6. The second kappa shape index (κ2) is 4.68. The maximum atomic E-state index is 12.3. The predicted molar refractivity (Wildman–Crippen MR) is 70.8 cm³/mol. The first-order valence-corrected chi connectivity index (χ1v) is 7.25. The summed E-state index contributed by atoms with van der Waals surface area (Å²) in [4.78, 5) is 22.5. The van der Waals surface area contributed by atoms with Crippen molar-refractivity contribution in [2.24, 2.45) is 0 Å². The number of rotatable bonds is 3. The van der Waals surface area contributed by atoms with Crippen molar-refractivity contribution in [1.29, 1.82) is 0 Å². The Balaban J connectivity index is 1.39. The van der Waals surface area contributed by atoms with Crippen LogP contribution < -0.4 is 0 Å². The maximum Gasteiger partial charge on any atom is 0.275 e. The molecular formula is C14H16N4O3. The van der Waals surface area contributed by atoms with Crippen molar-refractivity contribution >= 4 is 5.91 Å². The van der Waals surface area contributed by atoms with Gasteiger partial charge in [0.05, 0.1) is 5.92 Å². The minimum Gasteiger partial charge on any atom is -0.448 e. The molecule has 2 aromatic heterocycles. The highest BCUT2D eigenvalue weighted by Gasteiger charge is 2.37. The first-order valence-electron chi connectivity index (χ1n) is 7.25. The van der Waals surface area contributed by atoms with Crippen molar-refractivity contribution in [2.75, 3.05) is 13.1 Å². The molecule has 21 heavy (non-hydrogen) atoms. The number of likely N-dealkylation sites (tertiary alicyclic amines) is 1. The van der Waals surface area contributed by atoms with Crippen LogP contribution in [0.15, 0.2) is 15.2 Å². The monoisotopic (exact) mass is 288 g/mol. The third-order valence-corrected chi connectivity index (χ3v) is 4.26. The Bertz CT molecular complexity index is 667. The lowest BCUT2D eigenvalue weighted by molar-refractivity contribution is 0.0563. The summed E-state index contributed by atoms with van der Waals surface area (Å²) in [5.74, 6) is 2.37. The molecule has 7 nitrogen and oxygen atoms in total. The molecule has 0 aromatic carbocycles. The van der Waals surface area contributed by atoms with Gasteiger partial charge in [0.1, 0.15) is 6.26 Å². The SMILES string of the molecule is Cc1noc(C2CN(C(=O)c3coc(C4CCC4)n3)C2)n1. The van der Waals surface area contributed by atoms with E-state index in [0.29, 0.717) is 42.3 Å². The van der Waals surface area contributed by atoms with Crippen molar-refractivity contribution in [3.8, 4) is 0 Å². The van der Waals surface area contributed by atoms with E-state index in [2.05, 4.69) is 15.1 Å². The zero-order chi connectivity index (χ0) is 14.4. The molecule has 4 rings (SSSR count). The molecule has 0 N–H and O–H groups in total. The molecule has 1 aliphatic heterocycles. The third kappa shape index (κ3) is 2.12. The van der Waals surface area contributed by atoms with E-state index in [1.165, 1.54) is 12.7 Å². The fourth-order valence-electron chi connectivity index (χ4n) is 2.67. The minimum absolute atomic E-state index is 0.0863. The van der Waals surface area contributed by atoms with Gasteiger partial charge in [0.15, 0.2) is 17.4 Å². The molecule has 7 heteroatoms. The Kier molecular flexibility index (Phi) is 2.80. The smallest absolute Gasteiger partial charge is 0.275 e. The molecular weight excluding hydrogens is 272 g/mol. The van der Waals surface area contributed by atoms with Gasteiger partial charge < -0.3 is 13.8 Å². The fraction of sp³-hybridized carbons (Fsp3) is 0.571. The van der Waals surface area contributed by atoms with E-state index in [0.717, 1.165) is 12.8 Å². The van der Waals surface area contributed by atoms with E-state index in [9.17, 15) is 4.79 Å². The molecule has 0 bridgehead atoms. The Hall–Kier alpha value is -2.18. The van der Waals surface area contributed by atoms with Gasteiger partial charge in [0, 0.05) is 19.0 Å². The summed E-state index contributed by atoms with van der Waals surface area (Å²) in [6, 6.07) is 0. The van der Waals surface area contributed by atoms with Gasteiger partial charge in [0.25, 0.3) is 5.91 Å². The lowest BCUT2D eigenvalue weighted by Gasteiger charge is -2.36. The number of oxazole rings is 1. The minimum atomic E-state index is -0.0863. The molecule has 0 atom stereocenters. The van der Waals surface area contributed by atoms with E-state index in [4.69, 9.17) is 8.94 Å². The fourth-order valence-corrected chi connectivity index (χ4v) is 2.67. The summed E-state index contributed by atoms with van der Waals surface area (Å²) in [6.45, 7) is 2.96. The topological polar surface area (TPSA) is 85.3 Å². The van der Waals surface area contributed by atoms with Crippen LogP contribution in [0.3, 0.4) is 0 Å². The zero-order valence-electron chi connectivity index (χ0n) is 11.8. The first-order chi connectivity index (χ1) is 10.2. The molecule has 0 unspecified atom stereocenters. The third-order valence-electron chi connectivity index (χ3n) is 4.26. The Morgan fingerprint density at radius 3 is 2.67 bits per heavy atom. The van der Waals surface area contributed by atoms with Crippen LogP contribution in [0.4, 0.5) is 0 Å². The summed E-state index contributed by atoms with van der Waals surface area (Å²) in [6.07, 6.45) is 4.90. The Labute approximate surface area is 121 Å². The van der Waals surface area contributed by atoms with E-state index in [-0.39, 0.29) is 11.8 Å². The molecule has 1 aliphatic carbocycles. The molecule has 0 radical (unpaired) electrons. The van der Waals surface area contributed by atoms with Crippen molar-refractivity contribution in [1.82, 2.24) is 20.0 Å². The van der Waals surface area contributed by atoms with Gasteiger partial charge in [-0.15, -0.1) is 0 Å². The number of amides is 1. The predicted octanol–water partition coefficient (Wildman–Crippen LogP) is 1.87. The summed E-state index contributed by atoms with van der Waals surface area (Å²) >= 11 is 0. The number of nitrogens with zero attached hydrogens (tertiary/aromatic N) is 4. The van der Waals surface area contributed by atoms with E-state index < -0.39 is 0 Å². The molecule has 0 spiro atoms. The highest BCUT2D eigenvalue weighted by atomic mass is 16.5. The molecule has 1 saturated carbocycles. The highest BCUT2D eigenvalue weighted by molar-refractivity contribution is 5.92. The number of aryl methyl sites for hydroxylation is 1. The number of aromatic nitrogens is 3. The van der Waals surface area contributed by atoms with E-state index >= 15 is 0 Å². The second-order valence-electron chi connectivity index (χ2n) is 5.79. The summed E-state index contributed by atoms with van der Waals surface area (Å²) < 4.78 is 10.6. The van der Waals surface area contributed by atoms with Gasteiger partial charge in [0.2, 0.25) is 5.89 Å². The zero-order valence-corrected chi connectivity index (χ0v) is 11.8. The number of hydrogen-bond donors (Lipinski definition) is 0. The van der Waals surface area contributed by atoms with Crippen LogP contribution >= 0.6 is 0 Å². The van der Waals surface area contributed by atoms with Crippen molar-refractivity contribution in [3.05, 3.63) is 29.6 Å². The van der Waals surface area contributed by atoms with Gasteiger partial charge in [-0.2, -0.15) is 4.98 Å². The molecule has 2 aliphatic rings. The molecule has 2 fully saturated rings. The van der Waals surface area contributed by atoms with E-state index in [1.54, 1.807) is 11.8 Å². The summed E-state index contributed by atoms with van der Waals surface area (Å²) in [5.41, 5.74) is 0.400. The van der Waals surface area contributed by atoms with Gasteiger partial charge in [-0.25, -0.2) is 4.98 Å². The normalized spacial score (nSPS) is 19.4. The van der Waals surface area contributed by atoms with Crippen LogP contribution in [0.1, 0.15) is 59.2 Å². The Morgan fingerprint density at radius 2 is 2.05 bits per heavy atom. The van der Waals surface area contributed by atoms with Crippen molar-refractivity contribution in [2.45, 2.75) is 38.0 Å². The molecule has 3 heterocycles. The van der Waals surface area contributed by atoms with Crippen LogP contribution in [0, 0.1) is 6.92 Å². The second-order valence-corrected chi connectivity index (χ2v) is 5.79. The summed E-state index contributed by atoms with van der Waals surface area (Å²) in [7, 11) is 0. The van der Waals surface area contributed by atoms with Gasteiger partial charge in [-0.05, 0) is 19.8 Å². The molecule has 1 saturated heterocycles. The standard InChI is InChI=1S/C14H16N4O3/c1-8-15-13(21-17-8)10-5-18(6-10)14(19)11-7-20-12(16-11)9-3-2-4-9/h7,9-10H,2-6H2,1H3. The lowest BCUT2D eigenvalue weighted by Crippen LogP contribution is -2.48. The summed E-state index contributed by atoms with van der Waals surface area (Å²) in [5, 5.41) is 3.77. The average Bonchev–Trinajstić information content (AvgIpc) is 2.95. The van der Waals surface area contributed by atoms with Crippen LogP contribution in [-0.4, -0.2) is 39.0 Å². The molecule has 1 amide bonds.